The number of nitrogens with zero attached hydrogens (tertiary/aromatic N) is 2. The Hall–Kier alpha value is -0.980. The van der Waals surface area contributed by atoms with E-state index in [1.165, 1.54) is 11.1 Å². The van der Waals surface area contributed by atoms with Crippen LogP contribution in [0.3, 0.4) is 0 Å². The van der Waals surface area contributed by atoms with Gasteiger partial charge < -0.3 is 15.6 Å². The van der Waals surface area contributed by atoms with E-state index < -0.39 is 0 Å². The Labute approximate surface area is 145 Å². The van der Waals surface area contributed by atoms with E-state index in [1.54, 1.807) is 0 Å². The molecule has 2 fully saturated rings. The molecular weight excluding hydrogens is 302 g/mol. The first-order valence-electron chi connectivity index (χ1n) is 9.24. The zero-order valence-electron chi connectivity index (χ0n) is 14.6. The molecule has 0 aliphatic carbocycles. The van der Waals surface area contributed by atoms with Crippen molar-refractivity contribution in [3.8, 4) is 0 Å². The molecule has 5 heteroatoms. The van der Waals surface area contributed by atoms with Crippen LogP contribution in [0.1, 0.15) is 24.0 Å². The van der Waals surface area contributed by atoms with Crippen LogP contribution in [0.5, 0.6) is 0 Å². The van der Waals surface area contributed by atoms with Crippen molar-refractivity contribution in [3.63, 3.8) is 0 Å². The fourth-order valence-electron chi connectivity index (χ4n) is 3.84. The van der Waals surface area contributed by atoms with Crippen molar-refractivity contribution in [2.24, 2.45) is 5.73 Å². The summed E-state index contributed by atoms with van der Waals surface area (Å²) in [4.78, 5) is 4.85. The molecule has 0 amide bonds. The van der Waals surface area contributed by atoms with Gasteiger partial charge in [0.2, 0.25) is 0 Å². The second-order valence-electron chi connectivity index (χ2n) is 7.08. The first-order valence-corrected chi connectivity index (χ1v) is 9.24. The summed E-state index contributed by atoms with van der Waals surface area (Å²) in [7, 11) is 0. The summed E-state index contributed by atoms with van der Waals surface area (Å²) in [6.07, 6.45) is 2.85. The highest BCUT2D eigenvalue weighted by Gasteiger charge is 2.27. The molecule has 2 saturated heterocycles. The summed E-state index contributed by atoms with van der Waals surface area (Å²) in [5.74, 6) is 0. The van der Waals surface area contributed by atoms with E-state index in [0.717, 1.165) is 65.2 Å². The predicted octanol–water partition coefficient (Wildman–Crippen LogP) is 0.845. The van der Waals surface area contributed by atoms with Crippen molar-refractivity contribution in [2.75, 3.05) is 45.9 Å². The van der Waals surface area contributed by atoms with Crippen LogP contribution in [-0.4, -0.2) is 73.0 Å². The molecule has 5 nitrogen and oxygen atoms in total. The summed E-state index contributed by atoms with van der Waals surface area (Å²) in [6.45, 7) is 6.90. The lowest BCUT2D eigenvalue weighted by atomic mass is 10.1. The van der Waals surface area contributed by atoms with E-state index in [2.05, 4.69) is 34.1 Å². The van der Waals surface area contributed by atoms with Gasteiger partial charge in [0.05, 0.1) is 6.10 Å². The molecule has 1 atom stereocenters. The third-order valence-electron chi connectivity index (χ3n) is 5.19. The smallest absolute Gasteiger partial charge is 0.0794 e. The van der Waals surface area contributed by atoms with Crippen LogP contribution < -0.4 is 5.73 Å². The first kappa shape index (κ1) is 17.8. The molecule has 134 valence electrons. The first-order chi connectivity index (χ1) is 11.7. The Bertz CT molecular complexity index is 488. The van der Waals surface area contributed by atoms with Crippen LogP contribution >= 0.6 is 0 Å². The molecule has 0 spiro atoms. The summed E-state index contributed by atoms with van der Waals surface area (Å²) in [6, 6.07) is 9.30. The number of benzene rings is 1. The third kappa shape index (κ3) is 5.01. The maximum absolute atomic E-state index is 10.4. The maximum atomic E-state index is 10.4. The van der Waals surface area contributed by atoms with Gasteiger partial charge in [0.1, 0.15) is 0 Å². The van der Waals surface area contributed by atoms with Gasteiger partial charge in [-0.15, -0.1) is 0 Å². The lowest BCUT2D eigenvalue weighted by Gasteiger charge is -2.33. The molecule has 24 heavy (non-hydrogen) atoms. The van der Waals surface area contributed by atoms with Crippen LogP contribution in [0.4, 0.5) is 0 Å². The van der Waals surface area contributed by atoms with Crippen LogP contribution in [0.15, 0.2) is 24.3 Å². The minimum Gasteiger partial charge on any atom is -0.390 e. The average Bonchev–Trinajstić information content (AvgIpc) is 2.79. The Morgan fingerprint density at radius 3 is 2.46 bits per heavy atom. The fourth-order valence-corrected chi connectivity index (χ4v) is 3.84. The minimum absolute atomic E-state index is 0.271. The molecule has 3 rings (SSSR count). The number of hydrogen-bond donors (Lipinski definition) is 2. The number of β-amino-alcohol motifs (C(OH)–C–C–N with tert-alkyl or cyclic N) is 1. The van der Waals surface area contributed by atoms with Gasteiger partial charge in [0, 0.05) is 52.0 Å². The van der Waals surface area contributed by atoms with E-state index in [9.17, 15) is 5.11 Å². The van der Waals surface area contributed by atoms with Gasteiger partial charge in [-0.25, -0.2) is 0 Å². The Kier molecular flexibility index (Phi) is 6.63. The van der Waals surface area contributed by atoms with Crippen LogP contribution in [0.2, 0.25) is 0 Å². The van der Waals surface area contributed by atoms with Crippen LogP contribution in [0, 0.1) is 0 Å². The zero-order valence-corrected chi connectivity index (χ0v) is 14.6. The van der Waals surface area contributed by atoms with Crippen molar-refractivity contribution in [1.29, 1.82) is 0 Å². The second kappa shape index (κ2) is 8.92. The second-order valence-corrected chi connectivity index (χ2v) is 7.08. The molecule has 2 aliphatic heterocycles. The summed E-state index contributed by atoms with van der Waals surface area (Å²) in [5.41, 5.74) is 8.21. The van der Waals surface area contributed by atoms with Gasteiger partial charge in [0.15, 0.2) is 0 Å². The van der Waals surface area contributed by atoms with Gasteiger partial charge in [-0.1, -0.05) is 24.3 Å². The fraction of sp³-hybridized carbons (Fsp3) is 0.684. The van der Waals surface area contributed by atoms with E-state index >= 15 is 0 Å². The van der Waals surface area contributed by atoms with Crippen molar-refractivity contribution < 1.29 is 9.84 Å². The normalized spacial score (nSPS) is 24.8. The molecule has 0 bridgehead atoms. The van der Waals surface area contributed by atoms with Gasteiger partial charge >= 0.3 is 0 Å². The number of ether oxygens (including phenoxy) is 1. The summed E-state index contributed by atoms with van der Waals surface area (Å²) >= 11 is 0. The third-order valence-corrected chi connectivity index (χ3v) is 5.19. The quantitative estimate of drug-likeness (QED) is 0.836. The highest BCUT2D eigenvalue weighted by molar-refractivity contribution is 5.22. The van der Waals surface area contributed by atoms with Gasteiger partial charge in [0.25, 0.3) is 0 Å². The molecule has 0 unspecified atom stereocenters. The van der Waals surface area contributed by atoms with Gasteiger partial charge in [-0.2, -0.15) is 0 Å². The van der Waals surface area contributed by atoms with Gasteiger partial charge in [-0.3, -0.25) is 9.80 Å². The average molecular weight is 333 g/mol. The molecule has 0 aromatic heterocycles. The Balaban J connectivity index is 1.54. The highest BCUT2D eigenvalue weighted by atomic mass is 16.5. The highest BCUT2D eigenvalue weighted by Crippen LogP contribution is 2.18. The van der Waals surface area contributed by atoms with E-state index in [0.29, 0.717) is 12.6 Å². The Morgan fingerprint density at radius 2 is 1.75 bits per heavy atom. The molecular formula is C19H31N3O2. The van der Waals surface area contributed by atoms with Crippen LogP contribution in [-0.2, 0) is 17.7 Å². The molecule has 1 aromatic carbocycles. The number of rotatable bonds is 5. The van der Waals surface area contributed by atoms with Crippen molar-refractivity contribution in [1.82, 2.24) is 9.80 Å². The molecule has 0 radical (unpaired) electrons. The van der Waals surface area contributed by atoms with E-state index in [1.807, 2.05) is 0 Å². The van der Waals surface area contributed by atoms with Crippen molar-refractivity contribution in [3.05, 3.63) is 35.4 Å². The number of hydrogen-bond acceptors (Lipinski definition) is 5. The number of aliphatic hydroxyl groups is 1. The maximum Gasteiger partial charge on any atom is 0.0794 e. The Morgan fingerprint density at radius 1 is 1.04 bits per heavy atom. The molecule has 3 N–H and O–H groups in total. The predicted molar refractivity (Wildman–Crippen MR) is 95.9 cm³/mol. The molecule has 2 heterocycles. The largest absolute Gasteiger partial charge is 0.390 e. The SMILES string of the molecule is NCCc1ccc(CN2CCN(C3CCOCC3)C[C@H](O)C2)cc1. The number of aliphatic hydroxyl groups excluding tert-OH is 1. The molecule has 1 aromatic rings. The standard InChI is InChI=1S/C19H31N3O2/c20-8-5-16-1-3-17(4-2-16)13-21-9-10-22(15-19(23)14-21)18-6-11-24-12-7-18/h1-4,18-19,23H,5-15,20H2/t19-/m1/s1. The number of nitrogens with two attached hydrogens (primary N) is 1. The topological polar surface area (TPSA) is 62.0 Å². The zero-order chi connectivity index (χ0) is 16.8. The monoisotopic (exact) mass is 333 g/mol. The van der Waals surface area contributed by atoms with Crippen molar-refractivity contribution in [2.45, 2.75) is 38.0 Å². The minimum atomic E-state index is -0.271. The lowest BCUT2D eigenvalue weighted by Crippen LogP contribution is -2.43. The lowest BCUT2D eigenvalue weighted by molar-refractivity contribution is 0.0217. The summed E-state index contributed by atoms with van der Waals surface area (Å²) < 4.78 is 5.47. The molecule has 0 saturated carbocycles. The van der Waals surface area contributed by atoms with Crippen LogP contribution in [0.25, 0.3) is 0 Å². The van der Waals surface area contributed by atoms with Crippen molar-refractivity contribution >= 4 is 0 Å². The van der Waals surface area contributed by atoms with Gasteiger partial charge in [-0.05, 0) is 36.9 Å². The molecule has 2 aliphatic rings. The van der Waals surface area contributed by atoms with E-state index in [-0.39, 0.29) is 6.10 Å². The van der Waals surface area contributed by atoms with E-state index in [4.69, 9.17) is 10.5 Å². The summed E-state index contributed by atoms with van der Waals surface area (Å²) in [5, 5.41) is 10.4.